The van der Waals surface area contributed by atoms with Gasteiger partial charge in [0.2, 0.25) is 0 Å². The molecule has 0 bridgehead atoms. The number of carbonyl (C=O) groups is 2. The Labute approximate surface area is 129 Å². The molecule has 0 spiro atoms. The first-order chi connectivity index (χ1) is 10.6. The Balaban J connectivity index is 1.80. The van der Waals surface area contributed by atoms with Crippen molar-refractivity contribution in [2.75, 3.05) is 0 Å². The molecule has 1 saturated heterocycles. The van der Waals surface area contributed by atoms with Gasteiger partial charge in [-0.3, -0.25) is 9.59 Å². The molecule has 1 aromatic carbocycles. The predicted octanol–water partition coefficient (Wildman–Crippen LogP) is 3.86. The molecule has 2 atom stereocenters. The lowest BCUT2D eigenvalue weighted by atomic mass is 9.83. The average Bonchev–Trinajstić information content (AvgIpc) is 2.90. The molecule has 118 valence electrons. The average molecular weight is 304 g/mol. The third-order valence-electron chi connectivity index (χ3n) is 4.92. The highest BCUT2D eigenvalue weighted by atomic mass is 19.1. The summed E-state index contributed by atoms with van der Waals surface area (Å²) in [4.78, 5) is 23.2. The molecule has 1 aliphatic carbocycles. The molecule has 2 unspecified atom stereocenters. The summed E-state index contributed by atoms with van der Waals surface area (Å²) in [5, 5.41) is 0. The highest BCUT2D eigenvalue weighted by Gasteiger charge is 2.38. The summed E-state index contributed by atoms with van der Waals surface area (Å²) >= 11 is 0. The van der Waals surface area contributed by atoms with Gasteiger partial charge in [-0.05, 0) is 42.9 Å². The normalized spacial score (nSPS) is 26.0. The van der Waals surface area contributed by atoms with E-state index in [1.54, 1.807) is 0 Å². The number of cyclic esters (lactones) is 1. The first-order valence-corrected chi connectivity index (χ1v) is 8.06. The Morgan fingerprint density at radius 1 is 1.23 bits per heavy atom. The smallest absolute Gasteiger partial charge is 0.314 e. The van der Waals surface area contributed by atoms with Crippen LogP contribution in [-0.2, 0) is 14.3 Å². The van der Waals surface area contributed by atoms with E-state index in [2.05, 4.69) is 0 Å². The highest BCUT2D eigenvalue weighted by Crippen LogP contribution is 2.37. The molecule has 22 heavy (non-hydrogen) atoms. The fraction of sp³-hybridized carbons (Fsp3) is 0.556. The first kappa shape index (κ1) is 15.2. The summed E-state index contributed by atoms with van der Waals surface area (Å²) in [6.45, 7) is 1.41. The second-order valence-electron chi connectivity index (χ2n) is 6.44. The minimum Gasteiger partial charge on any atom is -0.454 e. The Kier molecular flexibility index (Phi) is 4.27. The maximum absolute atomic E-state index is 14.5. The lowest BCUT2D eigenvalue weighted by molar-refractivity contribution is -0.147. The number of ether oxygens (including phenoxy) is 1. The summed E-state index contributed by atoms with van der Waals surface area (Å²) in [6, 6.07) is 5.09. The van der Waals surface area contributed by atoms with Crippen LogP contribution in [0.15, 0.2) is 18.2 Å². The van der Waals surface area contributed by atoms with Crippen LogP contribution in [0.3, 0.4) is 0 Å². The van der Waals surface area contributed by atoms with Crippen molar-refractivity contribution in [2.24, 2.45) is 0 Å². The van der Waals surface area contributed by atoms with E-state index in [1.165, 1.54) is 19.4 Å². The molecule has 3 nitrogen and oxygen atoms in total. The monoisotopic (exact) mass is 304 g/mol. The molecule has 1 heterocycles. The SMILES string of the molecule is CC(=O)C1CC(c2ccc(C3CCCCC3)c(F)c2)C(=O)O1. The highest BCUT2D eigenvalue weighted by molar-refractivity contribution is 5.89. The summed E-state index contributed by atoms with van der Waals surface area (Å²) in [5.74, 6) is -1.05. The van der Waals surface area contributed by atoms with Gasteiger partial charge in [0.1, 0.15) is 5.82 Å². The third kappa shape index (κ3) is 2.92. The van der Waals surface area contributed by atoms with Crippen LogP contribution in [0.1, 0.15) is 68.4 Å². The van der Waals surface area contributed by atoms with Gasteiger partial charge in [0, 0.05) is 6.42 Å². The zero-order chi connectivity index (χ0) is 15.7. The molecule has 0 N–H and O–H groups in total. The van der Waals surface area contributed by atoms with Crippen molar-refractivity contribution >= 4 is 11.8 Å². The van der Waals surface area contributed by atoms with E-state index in [-0.39, 0.29) is 11.6 Å². The molecule has 2 fully saturated rings. The third-order valence-corrected chi connectivity index (χ3v) is 4.92. The summed E-state index contributed by atoms with van der Waals surface area (Å²) in [7, 11) is 0. The fourth-order valence-electron chi connectivity index (χ4n) is 3.61. The Bertz CT molecular complexity index is 590. The predicted molar refractivity (Wildman–Crippen MR) is 80.1 cm³/mol. The number of benzene rings is 1. The van der Waals surface area contributed by atoms with Crippen LogP contribution in [0.4, 0.5) is 4.39 Å². The molecule has 0 radical (unpaired) electrons. The fourth-order valence-corrected chi connectivity index (χ4v) is 3.61. The maximum atomic E-state index is 14.5. The number of Topliss-reactive ketones (excluding diaryl/α,β-unsaturated/α-hetero) is 1. The Morgan fingerprint density at radius 2 is 1.95 bits per heavy atom. The number of esters is 1. The quantitative estimate of drug-likeness (QED) is 0.796. The molecule has 0 amide bonds. The molecule has 1 saturated carbocycles. The van der Waals surface area contributed by atoms with Crippen LogP contribution >= 0.6 is 0 Å². The standard InChI is InChI=1S/C18H21FO3/c1-11(20)17-10-15(18(21)22-17)13-7-8-14(16(19)9-13)12-5-3-2-4-6-12/h7-9,12,15,17H,2-6,10H2,1H3. The molecule has 2 aliphatic rings. The van der Waals surface area contributed by atoms with E-state index in [0.717, 1.165) is 31.2 Å². The van der Waals surface area contributed by atoms with Crippen LogP contribution in [-0.4, -0.2) is 17.9 Å². The zero-order valence-corrected chi connectivity index (χ0v) is 12.8. The lowest BCUT2D eigenvalue weighted by Crippen LogP contribution is -2.16. The topological polar surface area (TPSA) is 43.4 Å². The molecular weight excluding hydrogens is 283 g/mol. The zero-order valence-electron chi connectivity index (χ0n) is 12.8. The summed E-state index contributed by atoms with van der Waals surface area (Å²) in [6.07, 6.45) is 5.25. The lowest BCUT2D eigenvalue weighted by Gasteiger charge is -2.23. The largest absolute Gasteiger partial charge is 0.454 e. The molecular formula is C18H21FO3. The van der Waals surface area contributed by atoms with Crippen molar-refractivity contribution in [3.05, 3.63) is 35.1 Å². The van der Waals surface area contributed by atoms with E-state index < -0.39 is 18.0 Å². The molecule has 4 heteroatoms. The second kappa shape index (κ2) is 6.19. The van der Waals surface area contributed by atoms with Crippen molar-refractivity contribution in [2.45, 2.75) is 63.4 Å². The van der Waals surface area contributed by atoms with Gasteiger partial charge in [0.15, 0.2) is 11.9 Å². The van der Waals surface area contributed by atoms with Gasteiger partial charge in [-0.15, -0.1) is 0 Å². The van der Waals surface area contributed by atoms with Gasteiger partial charge >= 0.3 is 5.97 Å². The number of rotatable bonds is 3. The van der Waals surface area contributed by atoms with Crippen molar-refractivity contribution < 1.29 is 18.7 Å². The Hall–Kier alpha value is -1.71. The van der Waals surface area contributed by atoms with E-state index in [4.69, 9.17) is 4.74 Å². The minimum absolute atomic E-state index is 0.157. The molecule has 0 aromatic heterocycles. The molecule has 1 aliphatic heterocycles. The van der Waals surface area contributed by atoms with Crippen LogP contribution in [0.2, 0.25) is 0 Å². The summed E-state index contributed by atoms with van der Waals surface area (Å²) < 4.78 is 19.5. The van der Waals surface area contributed by atoms with Gasteiger partial charge in [0.05, 0.1) is 5.92 Å². The number of ketones is 1. The van der Waals surface area contributed by atoms with Gasteiger partial charge in [0.25, 0.3) is 0 Å². The van der Waals surface area contributed by atoms with Gasteiger partial charge < -0.3 is 4.74 Å². The van der Waals surface area contributed by atoms with E-state index in [1.807, 2.05) is 12.1 Å². The van der Waals surface area contributed by atoms with Crippen LogP contribution in [0, 0.1) is 5.82 Å². The summed E-state index contributed by atoms with van der Waals surface area (Å²) in [5.41, 5.74) is 1.38. The van der Waals surface area contributed by atoms with Gasteiger partial charge in [-0.1, -0.05) is 31.4 Å². The minimum atomic E-state index is -0.682. The van der Waals surface area contributed by atoms with E-state index >= 15 is 0 Å². The number of hydrogen-bond donors (Lipinski definition) is 0. The number of carbonyl (C=O) groups excluding carboxylic acids is 2. The number of halogens is 1. The van der Waals surface area contributed by atoms with Crippen molar-refractivity contribution in [1.82, 2.24) is 0 Å². The van der Waals surface area contributed by atoms with Crippen molar-refractivity contribution in [3.8, 4) is 0 Å². The van der Waals surface area contributed by atoms with E-state index in [9.17, 15) is 14.0 Å². The molecule has 1 aromatic rings. The van der Waals surface area contributed by atoms with Gasteiger partial charge in [-0.25, -0.2) is 4.39 Å². The number of hydrogen-bond acceptors (Lipinski definition) is 3. The Morgan fingerprint density at radius 3 is 2.55 bits per heavy atom. The van der Waals surface area contributed by atoms with Crippen LogP contribution in [0.25, 0.3) is 0 Å². The maximum Gasteiger partial charge on any atom is 0.314 e. The second-order valence-corrected chi connectivity index (χ2v) is 6.44. The molecule has 3 rings (SSSR count). The van der Waals surface area contributed by atoms with Crippen LogP contribution < -0.4 is 0 Å². The van der Waals surface area contributed by atoms with Crippen LogP contribution in [0.5, 0.6) is 0 Å². The van der Waals surface area contributed by atoms with Crippen molar-refractivity contribution in [3.63, 3.8) is 0 Å². The van der Waals surface area contributed by atoms with Crippen molar-refractivity contribution in [1.29, 1.82) is 0 Å². The first-order valence-electron chi connectivity index (χ1n) is 8.06. The van der Waals surface area contributed by atoms with Gasteiger partial charge in [-0.2, -0.15) is 0 Å². The van der Waals surface area contributed by atoms with E-state index in [0.29, 0.717) is 17.9 Å².